The van der Waals surface area contributed by atoms with Crippen molar-refractivity contribution >= 4 is 16.0 Å². The summed E-state index contributed by atoms with van der Waals surface area (Å²) < 4.78 is 26.6. The predicted octanol–water partition coefficient (Wildman–Crippen LogP) is 1.34. The Morgan fingerprint density at radius 3 is 2.43 bits per heavy atom. The second-order valence-electron chi connectivity index (χ2n) is 4.56. The van der Waals surface area contributed by atoms with Crippen molar-refractivity contribution in [2.45, 2.75) is 31.6 Å². The van der Waals surface area contributed by atoms with Crippen molar-refractivity contribution in [2.75, 3.05) is 19.7 Å². The summed E-state index contributed by atoms with van der Waals surface area (Å²) in [6, 6.07) is 4.15. The van der Waals surface area contributed by atoms with Gasteiger partial charge in [0.2, 0.25) is 10.0 Å². The first kappa shape index (κ1) is 17.6. The van der Waals surface area contributed by atoms with Crippen molar-refractivity contribution in [1.82, 2.24) is 4.31 Å². The van der Waals surface area contributed by atoms with Crippen LogP contribution in [-0.2, 0) is 16.4 Å². The zero-order valence-electron chi connectivity index (χ0n) is 12.2. The monoisotopic (exact) mass is 315 g/mol. The van der Waals surface area contributed by atoms with Crippen molar-refractivity contribution in [3.8, 4) is 0 Å². The number of nitrogens with zero attached hydrogens (tertiary/aromatic N) is 1. The molecule has 6 nitrogen and oxygen atoms in total. The van der Waals surface area contributed by atoms with Gasteiger partial charge < -0.3 is 10.2 Å². The minimum atomic E-state index is -3.76. The molecule has 0 atom stereocenters. The molecular formula is C14H21NO5S. The first-order valence-corrected chi connectivity index (χ1v) is 8.29. The molecule has 7 heteroatoms. The van der Waals surface area contributed by atoms with Gasteiger partial charge in [0, 0.05) is 19.7 Å². The smallest absolute Gasteiger partial charge is 0.335 e. The molecule has 0 aliphatic carbocycles. The fourth-order valence-electron chi connectivity index (χ4n) is 2.05. The maximum absolute atomic E-state index is 12.7. The van der Waals surface area contributed by atoms with E-state index in [1.807, 2.05) is 6.92 Å². The van der Waals surface area contributed by atoms with E-state index < -0.39 is 16.0 Å². The number of aryl methyl sites for hydroxylation is 1. The minimum Gasteiger partial charge on any atom is -0.478 e. The van der Waals surface area contributed by atoms with E-state index in [-0.39, 0.29) is 30.2 Å². The summed E-state index contributed by atoms with van der Waals surface area (Å²) >= 11 is 0. The van der Waals surface area contributed by atoms with Gasteiger partial charge in [-0.05, 0) is 30.5 Å². The van der Waals surface area contributed by atoms with Gasteiger partial charge in [0.05, 0.1) is 10.5 Å². The van der Waals surface area contributed by atoms with Crippen molar-refractivity contribution in [1.29, 1.82) is 0 Å². The largest absolute Gasteiger partial charge is 0.478 e. The lowest BCUT2D eigenvalue weighted by molar-refractivity contribution is 0.0696. The van der Waals surface area contributed by atoms with Crippen molar-refractivity contribution in [3.05, 3.63) is 29.3 Å². The minimum absolute atomic E-state index is 0.0321. The number of aliphatic hydroxyl groups excluding tert-OH is 1. The van der Waals surface area contributed by atoms with Crippen molar-refractivity contribution in [2.24, 2.45) is 0 Å². The third-order valence-corrected chi connectivity index (χ3v) is 5.29. The maximum Gasteiger partial charge on any atom is 0.335 e. The Balaban J connectivity index is 3.33. The van der Waals surface area contributed by atoms with Crippen LogP contribution in [0.4, 0.5) is 0 Å². The summed E-state index contributed by atoms with van der Waals surface area (Å²) in [5.74, 6) is -1.16. The zero-order chi connectivity index (χ0) is 16.0. The fourth-order valence-corrected chi connectivity index (χ4v) is 3.86. The highest BCUT2D eigenvalue weighted by molar-refractivity contribution is 7.89. The second-order valence-corrected chi connectivity index (χ2v) is 6.46. The Labute approximate surface area is 125 Å². The number of hydrogen-bond donors (Lipinski definition) is 2. The Hall–Kier alpha value is -1.44. The number of aromatic carboxylic acids is 1. The molecule has 0 bridgehead atoms. The normalized spacial score (nSPS) is 11.8. The molecule has 0 unspecified atom stereocenters. The molecule has 21 heavy (non-hydrogen) atoms. The molecule has 1 aromatic carbocycles. The van der Waals surface area contributed by atoms with E-state index in [0.29, 0.717) is 18.4 Å². The Kier molecular flexibility index (Phi) is 6.32. The molecular weight excluding hydrogens is 294 g/mol. The average molecular weight is 315 g/mol. The molecule has 0 heterocycles. The summed E-state index contributed by atoms with van der Waals surface area (Å²) in [6.07, 6.45) is 0.833. The van der Waals surface area contributed by atoms with Crippen LogP contribution in [0.2, 0.25) is 0 Å². The highest BCUT2D eigenvalue weighted by Gasteiger charge is 2.26. The van der Waals surface area contributed by atoms with Crippen LogP contribution >= 0.6 is 0 Å². The van der Waals surface area contributed by atoms with E-state index in [9.17, 15) is 13.2 Å². The van der Waals surface area contributed by atoms with Crippen LogP contribution in [0.15, 0.2) is 23.1 Å². The van der Waals surface area contributed by atoms with Crippen LogP contribution in [0.3, 0.4) is 0 Å². The number of rotatable bonds is 8. The summed E-state index contributed by atoms with van der Waals surface area (Å²) in [6.45, 7) is 3.90. The lowest BCUT2D eigenvalue weighted by atomic mass is 10.1. The molecule has 118 valence electrons. The highest BCUT2D eigenvalue weighted by atomic mass is 32.2. The third-order valence-electron chi connectivity index (χ3n) is 3.23. The van der Waals surface area contributed by atoms with Gasteiger partial charge in [0.15, 0.2) is 0 Å². The van der Waals surface area contributed by atoms with E-state index in [4.69, 9.17) is 10.2 Å². The molecule has 0 aromatic heterocycles. The summed E-state index contributed by atoms with van der Waals surface area (Å²) in [5.41, 5.74) is 0.534. The summed E-state index contributed by atoms with van der Waals surface area (Å²) in [5, 5.41) is 17.9. The molecule has 2 N–H and O–H groups in total. The third kappa shape index (κ3) is 4.03. The molecule has 0 fully saturated rings. The van der Waals surface area contributed by atoms with E-state index >= 15 is 0 Å². The molecule has 1 rings (SSSR count). The SMILES string of the molecule is CCc1ccc(C(=O)O)cc1S(=O)(=O)N(CC)CCCO. The van der Waals surface area contributed by atoms with Crippen LogP contribution < -0.4 is 0 Å². The highest BCUT2D eigenvalue weighted by Crippen LogP contribution is 2.23. The summed E-state index contributed by atoms with van der Waals surface area (Å²) in [4.78, 5) is 11.1. The van der Waals surface area contributed by atoms with Gasteiger partial charge in [-0.2, -0.15) is 4.31 Å². The van der Waals surface area contributed by atoms with Crippen molar-refractivity contribution < 1.29 is 23.4 Å². The Bertz CT molecular complexity index is 597. The Morgan fingerprint density at radius 1 is 1.29 bits per heavy atom. The molecule has 0 amide bonds. The van der Waals surface area contributed by atoms with Gasteiger partial charge in [0.25, 0.3) is 0 Å². The number of carbonyl (C=O) groups is 1. The number of sulfonamides is 1. The molecule has 0 aliphatic rings. The Morgan fingerprint density at radius 2 is 1.95 bits per heavy atom. The fraction of sp³-hybridized carbons (Fsp3) is 0.500. The molecule has 0 radical (unpaired) electrons. The van der Waals surface area contributed by atoms with E-state index in [2.05, 4.69) is 0 Å². The maximum atomic E-state index is 12.7. The lowest BCUT2D eigenvalue weighted by Gasteiger charge is -2.22. The van der Waals surface area contributed by atoms with Gasteiger partial charge in [-0.25, -0.2) is 13.2 Å². The zero-order valence-corrected chi connectivity index (χ0v) is 13.1. The number of benzene rings is 1. The van der Waals surface area contributed by atoms with Crippen LogP contribution in [-0.4, -0.2) is 48.6 Å². The van der Waals surface area contributed by atoms with Gasteiger partial charge in [-0.15, -0.1) is 0 Å². The van der Waals surface area contributed by atoms with Crippen LogP contribution in [0.1, 0.15) is 36.2 Å². The molecule has 0 saturated heterocycles. The summed E-state index contributed by atoms with van der Waals surface area (Å²) in [7, 11) is -3.76. The molecule has 0 saturated carbocycles. The first-order valence-electron chi connectivity index (χ1n) is 6.85. The van der Waals surface area contributed by atoms with Crippen molar-refractivity contribution in [3.63, 3.8) is 0 Å². The van der Waals surface area contributed by atoms with Gasteiger partial charge >= 0.3 is 5.97 Å². The van der Waals surface area contributed by atoms with Crippen LogP contribution in [0.5, 0.6) is 0 Å². The first-order chi connectivity index (χ1) is 9.88. The molecule has 0 aliphatic heterocycles. The van der Waals surface area contributed by atoms with Gasteiger partial charge in [-0.3, -0.25) is 0 Å². The standard InChI is InChI=1S/C14H21NO5S/c1-3-11-6-7-12(14(17)18)10-13(11)21(19,20)15(4-2)8-5-9-16/h6-7,10,16H,3-5,8-9H2,1-2H3,(H,17,18). The van der Waals surface area contributed by atoms with E-state index in [1.165, 1.54) is 22.5 Å². The molecule has 1 aromatic rings. The predicted molar refractivity (Wildman–Crippen MR) is 78.9 cm³/mol. The van der Waals surface area contributed by atoms with E-state index in [1.54, 1.807) is 6.92 Å². The number of carboxylic acid groups (broad SMARTS) is 1. The topological polar surface area (TPSA) is 94.9 Å². The second kappa shape index (κ2) is 7.53. The quantitative estimate of drug-likeness (QED) is 0.755. The average Bonchev–Trinajstić information content (AvgIpc) is 2.47. The lowest BCUT2D eigenvalue weighted by Crippen LogP contribution is -2.33. The van der Waals surface area contributed by atoms with E-state index in [0.717, 1.165) is 0 Å². The van der Waals surface area contributed by atoms with Crippen LogP contribution in [0, 0.1) is 0 Å². The van der Waals surface area contributed by atoms with Gasteiger partial charge in [-0.1, -0.05) is 19.9 Å². The van der Waals surface area contributed by atoms with Gasteiger partial charge in [0.1, 0.15) is 0 Å². The number of hydrogen-bond acceptors (Lipinski definition) is 4. The number of carboxylic acids is 1. The number of aliphatic hydroxyl groups is 1. The van der Waals surface area contributed by atoms with Crippen LogP contribution in [0.25, 0.3) is 0 Å². The molecule has 0 spiro atoms.